The summed E-state index contributed by atoms with van der Waals surface area (Å²) in [7, 11) is 0. The first kappa shape index (κ1) is 23.9. The number of hydrogen-bond donors (Lipinski definition) is 0. The van der Waals surface area contributed by atoms with Gasteiger partial charge in [-0.2, -0.15) is 5.10 Å². The molecule has 0 saturated carbocycles. The molecule has 1 aromatic heterocycles. The van der Waals surface area contributed by atoms with Gasteiger partial charge < -0.3 is 9.47 Å². The molecule has 0 aliphatic carbocycles. The Balaban J connectivity index is 1.70. The van der Waals surface area contributed by atoms with Crippen LogP contribution in [0.4, 0.5) is 20.2 Å². The number of rotatable bonds is 5. The summed E-state index contributed by atoms with van der Waals surface area (Å²) in [5.41, 5.74) is 0.682. The van der Waals surface area contributed by atoms with Gasteiger partial charge in [0.25, 0.3) is 5.69 Å². The van der Waals surface area contributed by atoms with Crippen LogP contribution in [0.1, 0.15) is 5.56 Å². The van der Waals surface area contributed by atoms with E-state index in [0.29, 0.717) is 33.1 Å². The summed E-state index contributed by atoms with van der Waals surface area (Å²) >= 11 is 13.7. The fourth-order valence-corrected chi connectivity index (χ4v) is 4.60. The normalized spacial score (nSPS) is 13.1. The number of thiazole rings is 1. The van der Waals surface area contributed by atoms with Crippen molar-refractivity contribution < 1.29 is 23.2 Å². The highest BCUT2D eigenvalue weighted by molar-refractivity contribution is 7.07. The molecule has 0 fully saturated rings. The Kier molecular flexibility index (Phi) is 6.44. The molecule has 5 rings (SSSR count). The maximum absolute atomic E-state index is 14.3. The smallest absolute Gasteiger partial charge is 0.282 e. The molecule has 13 heteroatoms. The van der Waals surface area contributed by atoms with E-state index in [1.54, 1.807) is 23.6 Å². The SMILES string of the molecule is O=[N+]([O-])c1cc2c(cc1C=Nn1c(-c3cc(Cl)ccc3Cl)csc1=Nc1ccc(F)cc1F)OCO2. The molecule has 0 bridgehead atoms. The van der Waals surface area contributed by atoms with Crippen molar-refractivity contribution in [3.63, 3.8) is 0 Å². The maximum Gasteiger partial charge on any atom is 0.282 e. The summed E-state index contributed by atoms with van der Waals surface area (Å²) in [5, 5.41) is 18.5. The van der Waals surface area contributed by atoms with Gasteiger partial charge in [-0.25, -0.2) is 18.4 Å². The third kappa shape index (κ3) is 4.68. The molecule has 0 atom stereocenters. The minimum Gasteiger partial charge on any atom is -0.454 e. The second kappa shape index (κ2) is 9.69. The topological polar surface area (TPSA) is 91.2 Å². The van der Waals surface area contributed by atoms with Gasteiger partial charge in [-0.3, -0.25) is 10.1 Å². The highest BCUT2D eigenvalue weighted by atomic mass is 35.5. The Labute approximate surface area is 215 Å². The zero-order valence-electron chi connectivity index (χ0n) is 17.8. The zero-order chi connectivity index (χ0) is 25.4. The van der Waals surface area contributed by atoms with Crippen molar-refractivity contribution >= 4 is 52.1 Å². The van der Waals surface area contributed by atoms with Gasteiger partial charge in [0.1, 0.15) is 11.5 Å². The standard InChI is InChI=1S/C23H12Cl2F2N4O4S/c24-13-1-3-16(25)15(6-13)20-10-36-23(29-18-4-2-14(26)7-17(18)27)30(20)28-9-12-5-21-22(35-11-34-21)8-19(12)31(32)33/h1-10H,11H2. The molecule has 2 heterocycles. The summed E-state index contributed by atoms with van der Waals surface area (Å²) in [6.45, 7) is -0.0595. The molecule has 36 heavy (non-hydrogen) atoms. The first-order valence-corrected chi connectivity index (χ1v) is 11.7. The fourth-order valence-electron chi connectivity index (χ4n) is 3.37. The molecule has 1 aliphatic heterocycles. The van der Waals surface area contributed by atoms with Gasteiger partial charge >= 0.3 is 0 Å². The van der Waals surface area contributed by atoms with Crippen molar-refractivity contribution in [2.24, 2.45) is 10.1 Å². The summed E-state index contributed by atoms with van der Waals surface area (Å²) in [4.78, 5) is 15.5. The first-order chi connectivity index (χ1) is 17.3. The van der Waals surface area contributed by atoms with Crippen molar-refractivity contribution in [2.45, 2.75) is 0 Å². The second-order valence-electron chi connectivity index (χ2n) is 7.31. The van der Waals surface area contributed by atoms with Crippen LogP contribution >= 0.6 is 34.5 Å². The van der Waals surface area contributed by atoms with Gasteiger partial charge in [-0.15, -0.1) is 11.3 Å². The Bertz CT molecular complexity index is 1620. The van der Waals surface area contributed by atoms with Crippen LogP contribution in [0.2, 0.25) is 10.0 Å². The lowest BCUT2D eigenvalue weighted by Crippen LogP contribution is -2.12. The number of halogens is 4. The van der Waals surface area contributed by atoms with E-state index in [1.165, 1.54) is 29.1 Å². The second-order valence-corrected chi connectivity index (χ2v) is 8.99. The van der Waals surface area contributed by atoms with Crippen LogP contribution in [-0.2, 0) is 0 Å². The fraction of sp³-hybridized carbons (Fsp3) is 0.0435. The summed E-state index contributed by atoms with van der Waals surface area (Å²) in [6.07, 6.45) is 1.24. The van der Waals surface area contributed by atoms with Crippen LogP contribution in [0.15, 0.2) is 64.0 Å². The molecular weight excluding hydrogens is 537 g/mol. The van der Waals surface area contributed by atoms with E-state index in [9.17, 15) is 18.9 Å². The molecule has 182 valence electrons. The molecule has 0 unspecified atom stereocenters. The molecule has 4 aromatic rings. The predicted molar refractivity (Wildman–Crippen MR) is 132 cm³/mol. The lowest BCUT2D eigenvalue weighted by molar-refractivity contribution is -0.385. The number of hydrogen-bond acceptors (Lipinski definition) is 7. The highest BCUT2D eigenvalue weighted by Crippen LogP contribution is 2.37. The predicted octanol–water partition coefficient (Wildman–Crippen LogP) is 6.55. The molecule has 0 radical (unpaired) electrons. The van der Waals surface area contributed by atoms with Crippen molar-refractivity contribution in [1.82, 2.24) is 4.68 Å². The molecule has 0 saturated heterocycles. The first-order valence-electron chi connectivity index (χ1n) is 10.1. The number of nitrogens with zero attached hydrogens (tertiary/aromatic N) is 4. The summed E-state index contributed by atoms with van der Waals surface area (Å²) in [5.74, 6) is -1.04. The number of fused-ring (bicyclic) bond motifs is 1. The largest absolute Gasteiger partial charge is 0.454 e. The van der Waals surface area contributed by atoms with E-state index < -0.39 is 16.6 Å². The van der Waals surface area contributed by atoms with E-state index >= 15 is 0 Å². The van der Waals surface area contributed by atoms with Crippen molar-refractivity contribution in [3.05, 3.63) is 96.1 Å². The zero-order valence-corrected chi connectivity index (χ0v) is 20.2. The molecule has 0 amide bonds. The Hall–Kier alpha value is -3.80. The summed E-state index contributed by atoms with van der Waals surface area (Å²) in [6, 6.07) is 10.5. The van der Waals surface area contributed by atoms with Gasteiger partial charge in [0.2, 0.25) is 11.6 Å². The van der Waals surface area contributed by atoms with E-state index in [4.69, 9.17) is 32.7 Å². The number of aromatic nitrogens is 1. The number of ether oxygens (including phenoxy) is 2. The molecule has 0 spiro atoms. The maximum atomic E-state index is 14.3. The lowest BCUT2D eigenvalue weighted by atomic mass is 10.1. The van der Waals surface area contributed by atoms with E-state index in [2.05, 4.69) is 10.1 Å². The average molecular weight is 549 g/mol. The van der Waals surface area contributed by atoms with Gasteiger partial charge in [-0.1, -0.05) is 23.2 Å². The van der Waals surface area contributed by atoms with Crippen molar-refractivity contribution in [2.75, 3.05) is 6.79 Å². The Morgan fingerprint density at radius 2 is 1.86 bits per heavy atom. The van der Waals surface area contributed by atoms with Gasteiger partial charge in [0.05, 0.1) is 33.5 Å². The lowest BCUT2D eigenvalue weighted by Gasteiger charge is -2.07. The molecule has 1 aliphatic rings. The van der Waals surface area contributed by atoms with Crippen LogP contribution < -0.4 is 14.3 Å². The number of nitro groups is 1. The average Bonchev–Trinajstić information content (AvgIpc) is 3.46. The van der Waals surface area contributed by atoms with Gasteiger partial charge in [-0.05, 0) is 36.4 Å². The Morgan fingerprint density at radius 3 is 2.61 bits per heavy atom. The van der Waals surface area contributed by atoms with Crippen molar-refractivity contribution in [1.29, 1.82) is 0 Å². The van der Waals surface area contributed by atoms with E-state index in [0.717, 1.165) is 17.4 Å². The minimum atomic E-state index is -0.868. The van der Waals surface area contributed by atoms with Gasteiger partial charge in [0, 0.05) is 22.0 Å². The van der Waals surface area contributed by atoms with Crippen LogP contribution in [0.3, 0.4) is 0 Å². The van der Waals surface area contributed by atoms with Crippen LogP contribution in [-0.4, -0.2) is 22.6 Å². The van der Waals surface area contributed by atoms with Crippen LogP contribution in [0.25, 0.3) is 11.3 Å². The van der Waals surface area contributed by atoms with Crippen LogP contribution in [0, 0.1) is 21.7 Å². The van der Waals surface area contributed by atoms with Gasteiger partial charge in [0.15, 0.2) is 17.3 Å². The van der Waals surface area contributed by atoms with E-state index in [1.807, 2.05) is 0 Å². The number of nitro benzene ring substituents is 1. The highest BCUT2D eigenvalue weighted by Gasteiger charge is 2.23. The monoisotopic (exact) mass is 548 g/mol. The molecule has 3 aromatic carbocycles. The number of benzene rings is 3. The minimum absolute atomic E-state index is 0.0595. The quantitative estimate of drug-likeness (QED) is 0.160. The molecule has 8 nitrogen and oxygen atoms in total. The summed E-state index contributed by atoms with van der Waals surface area (Å²) < 4.78 is 39.6. The third-order valence-corrected chi connectivity index (χ3v) is 6.43. The third-order valence-electron chi connectivity index (χ3n) is 5.05. The van der Waals surface area contributed by atoms with E-state index in [-0.39, 0.29) is 34.3 Å². The molecular formula is C23H12Cl2F2N4O4S. The Morgan fingerprint density at radius 1 is 1.08 bits per heavy atom. The van der Waals surface area contributed by atoms with Crippen LogP contribution in [0.5, 0.6) is 11.5 Å². The molecule has 0 N–H and O–H groups in total. The van der Waals surface area contributed by atoms with Crippen molar-refractivity contribution in [3.8, 4) is 22.8 Å².